The summed E-state index contributed by atoms with van der Waals surface area (Å²) < 4.78 is 0.854. The quantitative estimate of drug-likeness (QED) is 0.799. The lowest BCUT2D eigenvalue weighted by atomic mass is 10.1. The van der Waals surface area contributed by atoms with Crippen LogP contribution < -0.4 is 5.32 Å². The molecule has 0 aromatic heterocycles. The number of nitrogens with zero attached hydrogens (tertiary/aromatic N) is 1. The maximum Gasteiger partial charge on any atom is 0.231 e. The van der Waals surface area contributed by atoms with Crippen LogP contribution in [0.15, 0.2) is 48.5 Å². The van der Waals surface area contributed by atoms with E-state index in [-0.39, 0.29) is 11.9 Å². The zero-order valence-electron chi connectivity index (χ0n) is 14.6. The smallest absolute Gasteiger partial charge is 0.231 e. The molecule has 0 saturated carbocycles. The predicted octanol–water partition coefficient (Wildman–Crippen LogP) is 4.38. The summed E-state index contributed by atoms with van der Waals surface area (Å²) in [5.41, 5.74) is 4.77. The van der Waals surface area contributed by atoms with Crippen LogP contribution in [0.1, 0.15) is 36.4 Å². The fourth-order valence-electron chi connectivity index (χ4n) is 3.81. The number of benzene rings is 2. The number of fused-ring (bicyclic) bond motifs is 3. The summed E-state index contributed by atoms with van der Waals surface area (Å²) in [6.45, 7) is 2.05. The van der Waals surface area contributed by atoms with Gasteiger partial charge in [-0.3, -0.25) is 4.79 Å². The molecule has 0 atom stereocenters. The van der Waals surface area contributed by atoms with Gasteiger partial charge in [0.05, 0.1) is 11.8 Å². The number of carbonyl (C=O) groups is 1. The van der Waals surface area contributed by atoms with Crippen LogP contribution in [0.4, 0.5) is 0 Å². The minimum atomic E-state index is -0.0703. The Morgan fingerprint density at radius 2 is 1.58 bits per heavy atom. The van der Waals surface area contributed by atoms with E-state index in [0.717, 1.165) is 17.4 Å². The van der Waals surface area contributed by atoms with Gasteiger partial charge in [-0.25, -0.2) is 0 Å². The van der Waals surface area contributed by atoms with Gasteiger partial charge in [0.15, 0.2) is 0 Å². The normalized spacial score (nSPS) is 16.1. The molecule has 0 spiro atoms. The van der Waals surface area contributed by atoms with E-state index in [1.807, 2.05) is 24.3 Å². The van der Waals surface area contributed by atoms with Crippen LogP contribution in [0.5, 0.6) is 0 Å². The second-order valence-corrected chi connectivity index (χ2v) is 8.39. The summed E-state index contributed by atoms with van der Waals surface area (Å²) in [6, 6.07) is 16.5. The van der Waals surface area contributed by atoms with Crippen molar-refractivity contribution in [1.82, 2.24) is 10.2 Å². The van der Waals surface area contributed by atoms with Crippen LogP contribution >= 0.6 is 24.0 Å². The molecule has 1 fully saturated rings. The number of rotatable bonds is 3. The van der Waals surface area contributed by atoms with Crippen molar-refractivity contribution < 1.29 is 4.79 Å². The van der Waals surface area contributed by atoms with Gasteiger partial charge in [0.25, 0.3) is 0 Å². The van der Waals surface area contributed by atoms with Crippen LogP contribution in [0.25, 0.3) is 11.1 Å². The number of hydrogen-bond donors (Lipinski definition) is 1. The van der Waals surface area contributed by atoms with Gasteiger partial charge in [0.1, 0.15) is 4.32 Å². The van der Waals surface area contributed by atoms with Crippen molar-refractivity contribution in [2.75, 3.05) is 18.8 Å². The van der Waals surface area contributed by atoms with Crippen molar-refractivity contribution >= 4 is 34.2 Å². The van der Waals surface area contributed by atoms with Gasteiger partial charge in [-0.15, -0.1) is 0 Å². The van der Waals surface area contributed by atoms with Crippen molar-refractivity contribution in [3.63, 3.8) is 0 Å². The molecule has 2 aromatic rings. The van der Waals surface area contributed by atoms with Crippen molar-refractivity contribution in [2.45, 2.75) is 25.3 Å². The highest BCUT2D eigenvalue weighted by Crippen LogP contribution is 2.42. The first-order valence-electron chi connectivity index (χ1n) is 9.13. The molecule has 1 amide bonds. The topological polar surface area (TPSA) is 32.3 Å². The molecule has 1 saturated heterocycles. The number of thioether (sulfide) groups is 1. The number of nitrogens with one attached hydrogen (secondary N) is 1. The van der Waals surface area contributed by atoms with Crippen LogP contribution in [-0.4, -0.2) is 34.0 Å². The van der Waals surface area contributed by atoms with Gasteiger partial charge in [0.2, 0.25) is 5.91 Å². The van der Waals surface area contributed by atoms with E-state index >= 15 is 0 Å². The molecule has 1 N–H and O–H groups in total. The van der Waals surface area contributed by atoms with Crippen molar-refractivity contribution in [3.8, 4) is 11.1 Å². The lowest BCUT2D eigenvalue weighted by Gasteiger charge is -2.28. The van der Waals surface area contributed by atoms with Crippen LogP contribution in [-0.2, 0) is 4.79 Å². The second kappa shape index (κ2) is 7.80. The largest absolute Gasteiger partial charge is 0.358 e. The summed E-state index contributed by atoms with van der Waals surface area (Å²) in [7, 11) is 0. The zero-order chi connectivity index (χ0) is 17.9. The molecular formula is C21H22N2OS2. The maximum absolute atomic E-state index is 12.6. The average molecular weight is 383 g/mol. The van der Waals surface area contributed by atoms with E-state index in [2.05, 4.69) is 34.5 Å². The van der Waals surface area contributed by atoms with Gasteiger partial charge in [0, 0.05) is 13.1 Å². The molecular weight excluding hydrogens is 360 g/mol. The SMILES string of the molecule is O=C(CSC(=S)N1CCCCC1)NC1c2ccccc2-c2ccccc21. The Balaban J connectivity index is 1.42. The summed E-state index contributed by atoms with van der Waals surface area (Å²) in [6.07, 6.45) is 3.68. The Morgan fingerprint density at radius 1 is 1.00 bits per heavy atom. The Labute approximate surface area is 164 Å². The molecule has 4 rings (SSSR count). The van der Waals surface area contributed by atoms with E-state index in [0.29, 0.717) is 5.75 Å². The number of carbonyl (C=O) groups excluding carboxylic acids is 1. The molecule has 0 unspecified atom stereocenters. The molecule has 5 heteroatoms. The number of thiocarbonyl (C=S) groups is 1. The second-order valence-electron chi connectivity index (χ2n) is 6.78. The molecule has 1 aliphatic carbocycles. The van der Waals surface area contributed by atoms with Gasteiger partial charge in [-0.1, -0.05) is 72.5 Å². The number of hydrogen-bond acceptors (Lipinski definition) is 3. The lowest BCUT2D eigenvalue weighted by Crippen LogP contribution is -2.34. The van der Waals surface area contributed by atoms with Gasteiger partial charge < -0.3 is 10.2 Å². The summed E-state index contributed by atoms with van der Waals surface area (Å²) in [5.74, 6) is 0.404. The van der Waals surface area contributed by atoms with Crippen LogP contribution in [0.3, 0.4) is 0 Å². The molecule has 3 nitrogen and oxygen atoms in total. The molecule has 26 heavy (non-hydrogen) atoms. The molecule has 0 bridgehead atoms. The first-order valence-corrected chi connectivity index (χ1v) is 10.5. The molecule has 0 radical (unpaired) electrons. The van der Waals surface area contributed by atoms with E-state index in [9.17, 15) is 4.79 Å². The first kappa shape index (κ1) is 17.6. The molecule has 2 aromatic carbocycles. The Kier molecular flexibility index (Phi) is 5.27. The van der Waals surface area contributed by atoms with Crippen molar-refractivity contribution in [1.29, 1.82) is 0 Å². The Hall–Kier alpha value is -1.85. The third-order valence-electron chi connectivity index (χ3n) is 5.08. The number of likely N-dealkylation sites (tertiary alicyclic amines) is 1. The first-order chi connectivity index (χ1) is 12.7. The van der Waals surface area contributed by atoms with Crippen LogP contribution in [0.2, 0.25) is 0 Å². The lowest BCUT2D eigenvalue weighted by molar-refractivity contribution is -0.119. The van der Waals surface area contributed by atoms with E-state index < -0.39 is 0 Å². The Morgan fingerprint density at radius 3 is 2.19 bits per heavy atom. The standard InChI is InChI=1S/C21H22N2OS2/c24-19(14-26-21(25)23-12-6-1-7-13-23)22-20-17-10-4-2-8-15(17)16-9-3-5-11-18(16)20/h2-5,8-11,20H,1,6-7,12-14H2,(H,22,24). The zero-order valence-corrected chi connectivity index (χ0v) is 16.2. The highest BCUT2D eigenvalue weighted by molar-refractivity contribution is 8.23. The number of piperidine rings is 1. The predicted molar refractivity (Wildman–Crippen MR) is 112 cm³/mol. The van der Waals surface area contributed by atoms with Crippen molar-refractivity contribution in [3.05, 3.63) is 59.7 Å². The molecule has 1 aliphatic heterocycles. The maximum atomic E-state index is 12.6. The third-order valence-corrected chi connectivity index (χ3v) is 6.60. The minimum Gasteiger partial charge on any atom is -0.358 e. The monoisotopic (exact) mass is 382 g/mol. The average Bonchev–Trinajstić information content (AvgIpc) is 3.01. The Bertz CT molecular complexity index is 785. The van der Waals surface area contributed by atoms with E-state index in [1.165, 1.54) is 53.3 Å². The van der Waals surface area contributed by atoms with Crippen molar-refractivity contribution in [2.24, 2.45) is 0 Å². The highest BCUT2D eigenvalue weighted by Gasteiger charge is 2.29. The summed E-state index contributed by atoms with van der Waals surface area (Å²) in [5, 5.41) is 3.21. The third kappa shape index (κ3) is 3.51. The van der Waals surface area contributed by atoms with Crippen LogP contribution in [0, 0.1) is 0 Å². The fraction of sp³-hybridized carbons (Fsp3) is 0.333. The van der Waals surface area contributed by atoms with Gasteiger partial charge in [-0.2, -0.15) is 0 Å². The van der Waals surface area contributed by atoms with Gasteiger partial charge >= 0.3 is 0 Å². The summed E-state index contributed by atoms with van der Waals surface area (Å²) >= 11 is 6.99. The van der Waals surface area contributed by atoms with E-state index in [1.54, 1.807) is 0 Å². The molecule has 2 aliphatic rings. The van der Waals surface area contributed by atoms with Gasteiger partial charge in [-0.05, 0) is 41.5 Å². The molecule has 134 valence electrons. The molecule has 1 heterocycles. The number of amides is 1. The fourth-order valence-corrected chi connectivity index (χ4v) is 4.87. The highest BCUT2D eigenvalue weighted by atomic mass is 32.2. The minimum absolute atomic E-state index is 0.0332. The van der Waals surface area contributed by atoms with E-state index in [4.69, 9.17) is 12.2 Å². The summed E-state index contributed by atoms with van der Waals surface area (Å²) in [4.78, 5) is 14.8.